The predicted molar refractivity (Wildman–Crippen MR) is 99.0 cm³/mol. The molecule has 6 heteroatoms. The van der Waals surface area contributed by atoms with Crippen molar-refractivity contribution in [3.05, 3.63) is 63.0 Å². The van der Waals surface area contributed by atoms with Crippen LogP contribution >= 0.6 is 31.9 Å². The van der Waals surface area contributed by atoms with Crippen molar-refractivity contribution in [2.75, 3.05) is 0 Å². The summed E-state index contributed by atoms with van der Waals surface area (Å²) >= 11 is 6.76. The Hall–Kier alpha value is -0.690. The van der Waals surface area contributed by atoms with Crippen molar-refractivity contribution in [2.24, 2.45) is 0 Å². The van der Waals surface area contributed by atoms with Gasteiger partial charge in [-0.3, -0.25) is 0 Å². The van der Waals surface area contributed by atoms with E-state index in [1.165, 1.54) is 5.56 Å². The third-order valence-electron chi connectivity index (χ3n) is 4.49. The van der Waals surface area contributed by atoms with Gasteiger partial charge in [0.2, 0.25) is 10.0 Å². The van der Waals surface area contributed by atoms with E-state index in [4.69, 9.17) is 0 Å². The number of sulfonamides is 1. The smallest absolute Gasteiger partial charge is 0.207 e. The van der Waals surface area contributed by atoms with Crippen LogP contribution in [0.5, 0.6) is 0 Å². The molecule has 23 heavy (non-hydrogen) atoms. The Labute approximate surface area is 153 Å². The van der Waals surface area contributed by atoms with Gasteiger partial charge in [-0.05, 0) is 61.7 Å². The van der Waals surface area contributed by atoms with Gasteiger partial charge in [-0.15, -0.1) is 0 Å². The van der Waals surface area contributed by atoms with E-state index in [0.29, 0.717) is 4.90 Å². The van der Waals surface area contributed by atoms with E-state index in [9.17, 15) is 8.42 Å². The molecule has 3 rings (SSSR count). The quantitative estimate of drug-likeness (QED) is 0.710. The second kappa shape index (κ2) is 6.31. The summed E-state index contributed by atoms with van der Waals surface area (Å²) in [6.07, 6.45) is 2.00. The summed E-state index contributed by atoms with van der Waals surface area (Å²) in [7, 11) is -3.52. The Morgan fingerprint density at radius 2 is 1.43 bits per heavy atom. The summed E-state index contributed by atoms with van der Waals surface area (Å²) < 4.78 is 29.9. The van der Waals surface area contributed by atoms with Gasteiger partial charge in [0.25, 0.3) is 0 Å². The molecule has 0 spiro atoms. The van der Waals surface area contributed by atoms with Crippen molar-refractivity contribution >= 4 is 41.9 Å². The number of nitrogens with one attached hydrogen (secondary N) is 1. The molecule has 0 heterocycles. The molecule has 0 aliphatic heterocycles. The first-order valence-electron chi connectivity index (χ1n) is 7.37. The van der Waals surface area contributed by atoms with E-state index in [-0.39, 0.29) is 11.5 Å². The Morgan fingerprint density at radius 3 is 1.91 bits per heavy atom. The monoisotopic (exact) mass is 457 g/mol. The number of hydrogen-bond donors (Lipinski definition) is 1. The van der Waals surface area contributed by atoms with Gasteiger partial charge < -0.3 is 0 Å². The van der Waals surface area contributed by atoms with E-state index in [1.54, 1.807) is 24.3 Å². The summed E-state index contributed by atoms with van der Waals surface area (Å²) in [4.78, 5) is 0.291. The molecule has 2 aromatic carbocycles. The minimum atomic E-state index is -3.52. The minimum Gasteiger partial charge on any atom is -0.207 e. The Balaban J connectivity index is 1.82. The Bertz CT molecular complexity index is 797. The van der Waals surface area contributed by atoms with Gasteiger partial charge in [-0.25, -0.2) is 13.1 Å². The number of rotatable bonds is 5. The fraction of sp³-hybridized carbons (Fsp3) is 0.294. The van der Waals surface area contributed by atoms with E-state index in [2.05, 4.69) is 48.7 Å². The molecule has 122 valence electrons. The SMILES string of the molecule is CC(NS(=O)(=O)c1ccc(Br)cc1)C1(c2ccc(Br)cc2)CC1. The molecule has 1 atom stereocenters. The molecule has 2 aromatic rings. The third kappa shape index (κ3) is 3.55. The van der Waals surface area contributed by atoms with Gasteiger partial charge in [0.1, 0.15) is 0 Å². The first-order chi connectivity index (χ1) is 10.8. The zero-order valence-corrected chi connectivity index (χ0v) is 16.6. The van der Waals surface area contributed by atoms with Crippen LogP contribution in [0.1, 0.15) is 25.3 Å². The zero-order chi connectivity index (χ0) is 16.7. The van der Waals surface area contributed by atoms with Crippen molar-refractivity contribution in [3.63, 3.8) is 0 Å². The van der Waals surface area contributed by atoms with Gasteiger partial charge in [-0.2, -0.15) is 0 Å². The lowest BCUT2D eigenvalue weighted by atomic mass is 9.90. The second-order valence-corrected chi connectivity index (χ2v) is 9.51. The van der Waals surface area contributed by atoms with Gasteiger partial charge in [0, 0.05) is 20.4 Å². The van der Waals surface area contributed by atoms with E-state index in [1.807, 2.05) is 19.1 Å². The standard InChI is InChI=1S/C17H17Br2NO2S/c1-12(17(10-11-17)13-2-4-14(18)5-3-13)20-23(21,22)16-8-6-15(19)7-9-16/h2-9,12,20H,10-11H2,1H3. The summed E-state index contributed by atoms with van der Waals surface area (Å²) in [5.41, 5.74) is 1.09. The summed E-state index contributed by atoms with van der Waals surface area (Å²) in [5, 5.41) is 0. The summed E-state index contributed by atoms with van der Waals surface area (Å²) in [6.45, 7) is 1.95. The average molecular weight is 459 g/mol. The second-order valence-electron chi connectivity index (χ2n) is 5.96. The van der Waals surface area contributed by atoms with E-state index in [0.717, 1.165) is 21.8 Å². The van der Waals surface area contributed by atoms with Gasteiger partial charge in [0.15, 0.2) is 0 Å². The molecule has 3 nitrogen and oxygen atoms in total. The topological polar surface area (TPSA) is 46.2 Å². The maximum absolute atomic E-state index is 12.6. The fourth-order valence-electron chi connectivity index (χ4n) is 2.92. The highest BCUT2D eigenvalue weighted by molar-refractivity contribution is 9.10. The molecular weight excluding hydrogens is 442 g/mol. The van der Waals surface area contributed by atoms with Crippen molar-refractivity contribution in [3.8, 4) is 0 Å². The van der Waals surface area contributed by atoms with Crippen molar-refractivity contribution in [1.82, 2.24) is 4.72 Å². The molecule has 0 radical (unpaired) electrons. The molecule has 0 saturated heterocycles. The van der Waals surface area contributed by atoms with Gasteiger partial charge in [-0.1, -0.05) is 44.0 Å². The van der Waals surface area contributed by atoms with Crippen molar-refractivity contribution in [2.45, 2.75) is 36.1 Å². The maximum atomic E-state index is 12.6. The largest absolute Gasteiger partial charge is 0.240 e. The molecule has 0 bridgehead atoms. The van der Waals surface area contributed by atoms with Crippen LogP contribution in [0, 0.1) is 0 Å². The van der Waals surface area contributed by atoms with Gasteiger partial charge in [0.05, 0.1) is 4.90 Å². The predicted octanol–water partition coefficient (Wildman–Crippen LogP) is 4.61. The zero-order valence-electron chi connectivity index (χ0n) is 12.6. The molecule has 0 amide bonds. The van der Waals surface area contributed by atoms with Crippen LogP contribution < -0.4 is 4.72 Å². The third-order valence-corrected chi connectivity index (χ3v) is 7.11. The van der Waals surface area contributed by atoms with Crippen molar-refractivity contribution < 1.29 is 8.42 Å². The first kappa shape index (κ1) is 17.1. The van der Waals surface area contributed by atoms with E-state index >= 15 is 0 Å². The number of halogens is 2. The highest BCUT2D eigenvalue weighted by Gasteiger charge is 2.49. The molecule has 0 aromatic heterocycles. The first-order valence-corrected chi connectivity index (χ1v) is 10.4. The summed E-state index contributed by atoms with van der Waals surface area (Å²) in [6, 6.07) is 14.7. The molecule has 1 fully saturated rings. The molecule has 1 aliphatic rings. The van der Waals surface area contributed by atoms with Crippen LogP contribution in [-0.4, -0.2) is 14.5 Å². The van der Waals surface area contributed by atoms with Crippen LogP contribution in [0.25, 0.3) is 0 Å². The van der Waals surface area contributed by atoms with Crippen LogP contribution in [0.3, 0.4) is 0 Å². The van der Waals surface area contributed by atoms with Gasteiger partial charge >= 0.3 is 0 Å². The average Bonchev–Trinajstić information content (AvgIpc) is 3.30. The normalized spacial score (nSPS) is 17.7. The Kier molecular flexibility index (Phi) is 4.71. The highest BCUT2D eigenvalue weighted by Crippen LogP contribution is 2.51. The fourth-order valence-corrected chi connectivity index (χ4v) is 4.77. The lowest BCUT2D eigenvalue weighted by Gasteiger charge is -2.25. The lowest BCUT2D eigenvalue weighted by molar-refractivity contribution is 0.494. The van der Waals surface area contributed by atoms with Crippen LogP contribution in [-0.2, 0) is 15.4 Å². The number of benzene rings is 2. The molecule has 1 N–H and O–H groups in total. The molecular formula is C17H17Br2NO2S. The maximum Gasteiger partial charge on any atom is 0.240 e. The molecule has 1 unspecified atom stereocenters. The van der Waals surface area contributed by atoms with Crippen LogP contribution in [0.2, 0.25) is 0 Å². The summed E-state index contributed by atoms with van der Waals surface area (Å²) in [5.74, 6) is 0. The molecule has 1 saturated carbocycles. The van der Waals surface area contributed by atoms with E-state index < -0.39 is 10.0 Å². The molecule has 1 aliphatic carbocycles. The van der Waals surface area contributed by atoms with Crippen LogP contribution in [0.15, 0.2) is 62.4 Å². The minimum absolute atomic E-state index is 0.0941. The lowest BCUT2D eigenvalue weighted by Crippen LogP contribution is -2.41. The number of hydrogen-bond acceptors (Lipinski definition) is 2. The highest BCUT2D eigenvalue weighted by atomic mass is 79.9. The van der Waals surface area contributed by atoms with Crippen LogP contribution in [0.4, 0.5) is 0 Å². The van der Waals surface area contributed by atoms with Crippen molar-refractivity contribution in [1.29, 1.82) is 0 Å². The Morgan fingerprint density at radius 1 is 0.957 bits per heavy atom.